The molecule has 1 atom stereocenters. The summed E-state index contributed by atoms with van der Waals surface area (Å²) in [6.07, 6.45) is 0. The van der Waals surface area contributed by atoms with Crippen LogP contribution < -0.4 is 5.32 Å². The van der Waals surface area contributed by atoms with E-state index in [0.717, 1.165) is 16.3 Å². The Morgan fingerprint density at radius 2 is 2.00 bits per heavy atom. The Bertz CT molecular complexity index is 339. The molecule has 3 heteroatoms. The van der Waals surface area contributed by atoms with Gasteiger partial charge in [0.2, 0.25) is 0 Å². The molecular weight excluding hydrogens is 222 g/mol. The van der Waals surface area contributed by atoms with Gasteiger partial charge in [-0.15, -0.1) is 0 Å². The van der Waals surface area contributed by atoms with Crippen LogP contribution in [0.5, 0.6) is 0 Å². The molecule has 0 fully saturated rings. The number of hydrogen-bond donors (Lipinski definition) is 1. The maximum Gasteiger partial charge on any atom is 0.0747 e. The summed E-state index contributed by atoms with van der Waals surface area (Å²) >= 11 is 6.15. The Labute approximate surface area is 103 Å². The first-order valence-corrected chi connectivity index (χ1v) is 5.97. The topological polar surface area (TPSA) is 21.3 Å². The van der Waals surface area contributed by atoms with Crippen LogP contribution in [0.4, 0.5) is 5.69 Å². The van der Waals surface area contributed by atoms with Crippen molar-refractivity contribution in [1.29, 1.82) is 0 Å². The summed E-state index contributed by atoms with van der Waals surface area (Å²) in [5.41, 5.74) is 2.09. The standard InChI is InChI=1S/C13H20ClNO/c1-9(2)10(3)15-13-7-5-6-12(14)11(13)8-16-4/h5-7,9-10,15H,8H2,1-4H3. The van der Waals surface area contributed by atoms with E-state index in [1.165, 1.54) is 0 Å². The highest BCUT2D eigenvalue weighted by atomic mass is 35.5. The third-order valence-electron chi connectivity index (χ3n) is 2.79. The number of rotatable bonds is 5. The SMILES string of the molecule is COCc1c(Cl)cccc1NC(C)C(C)C. The van der Waals surface area contributed by atoms with Crippen LogP contribution in [0.15, 0.2) is 18.2 Å². The molecule has 2 nitrogen and oxygen atoms in total. The van der Waals surface area contributed by atoms with Crippen molar-refractivity contribution >= 4 is 17.3 Å². The third-order valence-corrected chi connectivity index (χ3v) is 3.14. The van der Waals surface area contributed by atoms with Crippen molar-refractivity contribution in [3.8, 4) is 0 Å². The monoisotopic (exact) mass is 241 g/mol. The van der Waals surface area contributed by atoms with E-state index in [0.29, 0.717) is 18.6 Å². The van der Waals surface area contributed by atoms with Crippen molar-refractivity contribution in [2.75, 3.05) is 12.4 Å². The lowest BCUT2D eigenvalue weighted by Crippen LogP contribution is -2.22. The molecule has 0 aromatic heterocycles. The van der Waals surface area contributed by atoms with E-state index in [1.54, 1.807) is 7.11 Å². The van der Waals surface area contributed by atoms with Gasteiger partial charge in [0.05, 0.1) is 6.61 Å². The molecule has 0 aliphatic rings. The molecule has 1 rings (SSSR count). The lowest BCUT2D eigenvalue weighted by molar-refractivity contribution is 0.185. The van der Waals surface area contributed by atoms with Gasteiger partial charge in [-0.05, 0) is 25.0 Å². The van der Waals surface area contributed by atoms with E-state index in [2.05, 4.69) is 26.1 Å². The second-order valence-corrected chi connectivity index (χ2v) is 4.78. The maximum absolute atomic E-state index is 6.15. The van der Waals surface area contributed by atoms with E-state index in [9.17, 15) is 0 Å². The lowest BCUT2D eigenvalue weighted by Gasteiger charge is -2.21. The zero-order valence-electron chi connectivity index (χ0n) is 10.4. The number of nitrogens with one attached hydrogen (secondary N) is 1. The lowest BCUT2D eigenvalue weighted by atomic mass is 10.1. The fraction of sp³-hybridized carbons (Fsp3) is 0.538. The Morgan fingerprint density at radius 3 is 2.56 bits per heavy atom. The number of benzene rings is 1. The minimum absolute atomic E-state index is 0.411. The molecule has 16 heavy (non-hydrogen) atoms. The Kier molecular flexibility index (Phi) is 5.10. The van der Waals surface area contributed by atoms with Gasteiger partial charge < -0.3 is 10.1 Å². The van der Waals surface area contributed by atoms with Crippen LogP contribution in [0.25, 0.3) is 0 Å². The Balaban J connectivity index is 2.90. The predicted octanol–water partition coefficient (Wildman–Crippen LogP) is 3.94. The highest BCUT2D eigenvalue weighted by Gasteiger charge is 2.11. The molecule has 0 spiro atoms. The molecule has 0 amide bonds. The molecule has 1 aromatic carbocycles. The number of anilines is 1. The molecule has 1 aromatic rings. The van der Waals surface area contributed by atoms with Gasteiger partial charge >= 0.3 is 0 Å². The summed E-state index contributed by atoms with van der Waals surface area (Å²) in [5, 5.41) is 4.22. The number of methoxy groups -OCH3 is 1. The molecule has 90 valence electrons. The summed E-state index contributed by atoms with van der Waals surface area (Å²) in [4.78, 5) is 0. The van der Waals surface area contributed by atoms with E-state index in [4.69, 9.17) is 16.3 Å². The van der Waals surface area contributed by atoms with Gasteiger partial charge in [0.25, 0.3) is 0 Å². The summed E-state index contributed by atoms with van der Waals surface area (Å²) in [5.74, 6) is 0.578. The first-order chi connectivity index (χ1) is 7.56. The zero-order chi connectivity index (χ0) is 12.1. The Morgan fingerprint density at radius 1 is 1.31 bits per heavy atom. The van der Waals surface area contributed by atoms with Crippen molar-refractivity contribution in [2.24, 2.45) is 5.92 Å². The van der Waals surface area contributed by atoms with Gasteiger partial charge in [-0.2, -0.15) is 0 Å². The van der Waals surface area contributed by atoms with Gasteiger partial charge in [-0.1, -0.05) is 31.5 Å². The van der Waals surface area contributed by atoms with Gasteiger partial charge in [0.15, 0.2) is 0 Å². The third kappa shape index (κ3) is 3.39. The van der Waals surface area contributed by atoms with Crippen LogP contribution in [0, 0.1) is 5.92 Å². The Hall–Kier alpha value is -0.730. The van der Waals surface area contributed by atoms with E-state index in [-0.39, 0.29) is 0 Å². The molecule has 0 saturated heterocycles. The smallest absolute Gasteiger partial charge is 0.0747 e. The molecular formula is C13H20ClNO. The van der Waals surface area contributed by atoms with Crippen molar-refractivity contribution < 1.29 is 4.74 Å². The van der Waals surface area contributed by atoms with Crippen LogP contribution in [-0.2, 0) is 11.3 Å². The molecule has 0 bridgehead atoms. The maximum atomic E-state index is 6.15. The van der Waals surface area contributed by atoms with E-state index in [1.807, 2.05) is 18.2 Å². The average Bonchev–Trinajstić information content (AvgIpc) is 2.23. The van der Waals surface area contributed by atoms with Gasteiger partial charge in [-0.3, -0.25) is 0 Å². The summed E-state index contributed by atoms with van der Waals surface area (Å²) in [7, 11) is 1.68. The molecule has 1 N–H and O–H groups in total. The highest BCUT2D eigenvalue weighted by Crippen LogP contribution is 2.26. The van der Waals surface area contributed by atoms with Crippen molar-refractivity contribution in [3.63, 3.8) is 0 Å². The van der Waals surface area contributed by atoms with Gasteiger partial charge in [0.1, 0.15) is 0 Å². The van der Waals surface area contributed by atoms with Crippen LogP contribution in [0.1, 0.15) is 26.3 Å². The number of ether oxygens (including phenoxy) is 1. The van der Waals surface area contributed by atoms with Crippen molar-refractivity contribution in [2.45, 2.75) is 33.4 Å². The van der Waals surface area contributed by atoms with Gasteiger partial charge in [-0.25, -0.2) is 0 Å². The molecule has 1 unspecified atom stereocenters. The van der Waals surface area contributed by atoms with Gasteiger partial charge in [0, 0.05) is 29.4 Å². The number of hydrogen-bond acceptors (Lipinski definition) is 2. The average molecular weight is 242 g/mol. The van der Waals surface area contributed by atoms with Crippen molar-refractivity contribution in [3.05, 3.63) is 28.8 Å². The summed E-state index contributed by atoms with van der Waals surface area (Å²) in [6, 6.07) is 6.30. The fourth-order valence-electron chi connectivity index (χ4n) is 1.40. The molecule has 0 aliphatic heterocycles. The van der Waals surface area contributed by atoms with E-state index >= 15 is 0 Å². The summed E-state index contributed by atoms with van der Waals surface area (Å²) in [6.45, 7) is 7.09. The zero-order valence-corrected chi connectivity index (χ0v) is 11.1. The molecule has 0 aliphatic carbocycles. The number of halogens is 1. The second-order valence-electron chi connectivity index (χ2n) is 4.38. The second kappa shape index (κ2) is 6.12. The van der Waals surface area contributed by atoms with E-state index < -0.39 is 0 Å². The minimum Gasteiger partial charge on any atom is -0.382 e. The quantitative estimate of drug-likeness (QED) is 0.843. The van der Waals surface area contributed by atoms with Crippen LogP contribution in [-0.4, -0.2) is 13.2 Å². The van der Waals surface area contributed by atoms with Crippen molar-refractivity contribution in [1.82, 2.24) is 0 Å². The minimum atomic E-state index is 0.411. The first kappa shape index (κ1) is 13.3. The normalized spacial score (nSPS) is 12.9. The fourth-order valence-corrected chi connectivity index (χ4v) is 1.63. The highest BCUT2D eigenvalue weighted by molar-refractivity contribution is 6.31. The largest absolute Gasteiger partial charge is 0.382 e. The predicted molar refractivity (Wildman–Crippen MR) is 70.1 cm³/mol. The molecule has 0 radical (unpaired) electrons. The molecule has 0 heterocycles. The summed E-state index contributed by atoms with van der Waals surface area (Å²) < 4.78 is 5.17. The van der Waals surface area contributed by atoms with Crippen LogP contribution in [0.2, 0.25) is 5.02 Å². The molecule has 0 saturated carbocycles. The van der Waals surface area contributed by atoms with Crippen LogP contribution >= 0.6 is 11.6 Å². The van der Waals surface area contributed by atoms with Crippen LogP contribution in [0.3, 0.4) is 0 Å². The first-order valence-electron chi connectivity index (χ1n) is 5.59.